The van der Waals surface area contributed by atoms with Gasteiger partial charge in [-0.15, -0.1) is 0 Å². The molecule has 4 rings (SSSR count). The van der Waals surface area contributed by atoms with Gasteiger partial charge in [-0.3, -0.25) is 14.3 Å². The zero-order valence-corrected chi connectivity index (χ0v) is 15.0. The summed E-state index contributed by atoms with van der Waals surface area (Å²) in [5.74, 6) is -0.146. The lowest BCUT2D eigenvalue weighted by Crippen LogP contribution is -2.66. The lowest BCUT2D eigenvalue weighted by molar-refractivity contribution is 0.0592. The second kappa shape index (κ2) is 6.16. The van der Waals surface area contributed by atoms with Gasteiger partial charge in [-0.2, -0.15) is 5.10 Å². The summed E-state index contributed by atoms with van der Waals surface area (Å²) in [6.07, 6.45) is 5.00. The number of rotatable bonds is 2. The SMILES string of the molecule is CC(C)n1cc(C(=O)N2CCC[C@@]3(C2)NC(=O)c2ccccc2N3)cn1. The molecule has 2 amide bonds. The molecule has 7 heteroatoms. The van der Waals surface area contributed by atoms with Gasteiger partial charge in [-0.1, -0.05) is 12.1 Å². The highest BCUT2D eigenvalue weighted by atomic mass is 16.2. The lowest BCUT2D eigenvalue weighted by atomic mass is 9.93. The Morgan fingerprint density at radius 3 is 2.85 bits per heavy atom. The van der Waals surface area contributed by atoms with Gasteiger partial charge in [0, 0.05) is 24.5 Å². The van der Waals surface area contributed by atoms with Crippen LogP contribution in [0, 0.1) is 0 Å². The van der Waals surface area contributed by atoms with E-state index in [-0.39, 0.29) is 17.9 Å². The summed E-state index contributed by atoms with van der Waals surface area (Å²) in [5, 5.41) is 10.8. The highest BCUT2D eigenvalue weighted by Gasteiger charge is 2.42. The summed E-state index contributed by atoms with van der Waals surface area (Å²) in [6, 6.07) is 7.67. The average Bonchev–Trinajstić information content (AvgIpc) is 3.11. The number of hydrogen-bond donors (Lipinski definition) is 2. The van der Waals surface area contributed by atoms with E-state index in [1.165, 1.54) is 0 Å². The first kappa shape index (κ1) is 16.6. The van der Waals surface area contributed by atoms with Crippen LogP contribution in [-0.4, -0.2) is 45.2 Å². The van der Waals surface area contributed by atoms with Crippen molar-refractivity contribution in [3.05, 3.63) is 47.8 Å². The molecule has 2 aliphatic rings. The van der Waals surface area contributed by atoms with E-state index in [1.807, 2.05) is 32.0 Å². The molecule has 1 atom stereocenters. The zero-order valence-electron chi connectivity index (χ0n) is 15.0. The highest BCUT2D eigenvalue weighted by Crippen LogP contribution is 2.30. The Morgan fingerprint density at radius 2 is 2.08 bits per heavy atom. The fourth-order valence-electron chi connectivity index (χ4n) is 3.71. The van der Waals surface area contributed by atoms with E-state index in [2.05, 4.69) is 15.7 Å². The van der Waals surface area contributed by atoms with Gasteiger partial charge in [0.1, 0.15) is 5.66 Å². The van der Waals surface area contributed by atoms with Crippen LogP contribution in [0.2, 0.25) is 0 Å². The van der Waals surface area contributed by atoms with Crippen molar-refractivity contribution in [3.63, 3.8) is 0 Å². The Kier molecular flexibility index (Phi) is 3.94. The first-order valence-electron chi connectivity index (χ1n) is 9.01. The summed E-state index contributed by atoms with van der Waals surface area (Å²) in [5.41, 5.74) is 1.42. The molecule has 2 aromatic rings. The molecule has 0 unspecified atom stereocenters. The smallest absolute Gasteiger partial charge is 0.257 e. The molecule has 26 heavy (non-hydrogen) atoms. The van der Waals surface area contributed by atoms with E-state index in [9.17, 15) is 9.59 Å². The second-order valence-corrected chi connectivity index (χ2v) is 7.34. The Balaban J connectivity index is 1.56. The molecule has 3 heterocycles. The van der Waals surface area contributed by atoms with Gasteiger partial charge < -0.3 is 15.5 Å². The Labute approximate surface area is 152 Å². The molecule has 1 fully saturated rings. The van der Waals surface area contributed by atoms with E-state index < -0.39 is 5.66 Å². The number of carbonyl (C=O) groups excluding carboxylic acids is 2. The number of anilines is 1. The minimum Gasteiger partial charge on any atom is -0.361 e. The summed E-state index contributed by atoms with van der Waals surface area (Å²) < 4.78 is 1.78. The molecule has 0 aliphatic carbocycles. The summed E-state index contributed by atoms with van der Waals surface area (Å²) >= 11 is 0. The van der Waals surface area contributed by atoms with Crippen molar-refractivity contribution in [2.24, 2.45) is 0 Å². The average molecular weight is 353 g/mol. The highest BCUT2D eigenvalue weighted by molar-refractivity contribution is 6.02. The Morgan fingerprint density at radius 1 is 1.27 bits per heavy atom. The molecule has 1 aromatic carbocycles. The van der Waals surface area contributed by atoms with E-state index >= 15 is 0 Å². The van der Waals surface area contributed by atoms with E-state index in [1.54, 1.807) is 28.0 Å². The van der Waals surface area contributed by atoms with Crippen LogP contribution < -0.4 is 10.6 Å². The van der Waals surface area contributed by atoms with Gasteiger partial charge in [0.05, 0.1) is 23.9 Å². The van der Waals surface area contributed by atoms with Gasteiger partial charge in [0.25, 0.3) is 11.8 Å². The van der Waals surface area contributed by atoms with Crippen LogP contribution in [0.5, 0.6) is 0 Å². The van der Waals surface area contributed by atoms with Gasteiger partial charge in [0.15, 0.2) is 0 Å². The number of amides is 2. The second-order valence-electron chi connectivity index (χ2n) is 7.34. The number of nitrogens with one attached hydrogen (secondary N) is 2. The molecule has 1 saturated heterocycles. The minimum absolute atomic E-state index is 0.0501. The number of benzene rings is 1. The molecule has 2 N–H and O–H groups in total. The molecule has 0 bridgehead atoms. The number of nitrogens with zero attached hydrogens (tertiary/aromatic N) is 3. The van der Waals surface area contributed by atoms with Crippen molar-refractivity contribution in [3.8, 4) is 0 Å². The predicted octanol–water partition coefficient (Wildman–Crippen LogP) is 2.25. The van der Waals surface area contributed by atoms with E-state index in [4.69, 9.17) is 0 Å². The standard InChI is InChI=1S/C19H23N5O2/c1-13(2)24-11-14(10-20-24)18(26)23-9-5-8-19(12-23)21-16-7-4-3-6-15(16)17(25)22-19/h3-4,6-7,10-11,13,21H,5,8-9,12H2,1-2H3,(H,22,25)/t19-/m0/s1. The van der Waals surface area contributed by atoms with Gasteiger partial charge in [0.2, 0.25) is 0 Å². The third-order valence-corrected chi connectivity index (χ3v) is 5.06. The Hall–Kier alpha value is -2.83. The van der Waals surface area contributed by atoms with Gasteiger partial charge in [-0.05, 0) is 38.8 Å². The molecule has 1 spiro atoms. The first-order valence-corrected chi connectivity index (χ1v) is 9.01. The molecule has 1 aromatic heterocycles. The summed E-state index contributed by atoms with van der Waals surface area (Å²) in [7, 11) is 0. The van der Waals surface area contributed by atoms with Crippen molar-refractivity contribution in [1.29, 1.82) is 0 Å². The topological polar surface area (TPSA) is 79.3 Å². The van der Waals surface area contributed by atoms with Crippen molar-refractivity contribution >= 4 is 17.5 Å². The lowest BCUT2D eigenvalue weighted by Gasteiger charge is -2.46. The van der Waals surface area contributed by atoms with Crippen LogP contribution in [0.4, 0.5) is 5.69 Å². The maximum Gasteiger partial charge on any atom is 0.257 e. The Bertz CT molecular complexity index is 859. The van der Waals surface area contributed by atoms with Crippen LogP contribution in [0.15, 0.2) is 36.7 Å². The van der Waals surface area contributed by atoms with Crippen molar-refractivity contribution in [2.45, 2.75) is 38.4 Å². The van der Waals surface area contributed by atoms with Crippen LogP contribution in [0.1, 0.15) is 53.4 Å². The summed E-state index contributed by atoms with van der Waals surface area (Å²) in [6.45, 7) is 5.15. The predicted molar refractivity (Wildman–Crippen MR) is 98.0 cm³/mol. The molecule has 0 radical (unpaired) electrons. The molecule has 136 valence electrons. The van der Waals surface area contributed by atoms with E-state index in [0.29, 0.717) is 24.2 Å². The molecular formula is C19H23N5O2. The maximum absolute atomic E-state index is 12.9. The van der Waals surface area contributed by atoms with Crippen molar-refractivity contribution in [2.75, 3.05) is 18.4 Å². The normalized spacial score (nSPS) is 22.1. The van der Waals surface area contributed by atoms with Crippen molar-refractivity contribution in [1.82, 2.24) is 20.0 Å². The van der Waals surface area contributed by atoms with E-state index in [0.717, 1.165) is 18.5 Å². The zero-order chi connectivity index (χ0) is 18.3. The minimum atomic E-state index is -0.618. The number of aromatic nitrogens is 2. The number of fused-ring (bicyclic) bond motifs is 1. The molecule has 2 aliphatic heterocycles. The van der Waals surface area contributed by atoms with Crippen LogP contribution in [0.3, 0.4) is 0 Å². The summed E-state index contributed by atoms with van der Waals surface area (Å²) in [4.78, 5) is 27.2. The van der Waals surface area contributed by atoms with Gasteiger partial charge in [-0.25, -0.2) is 0 Å². The van der Waals surface area contributed by atoms with Gasteiger partial charge >= 0.3 is 0 Å². The molecule has 7 nitrogen and oxygen atoms in total. The fourth-order valence-corrected chi connectivity index (χ4v) is 3.71. The molecule has 0 saturated carbocycles. The van der Waals surface area contributed by atoms with Crippen molar-refractivity contribution < 1.29 is 9.59 Å². The first-order chi connectivity index (χ1) is 12.5. The van der Waals surface area contributed by atoms with Crippen LogP contribution in [-0.2, 0) is 0 Å². The number of carbonyl (C=O) groups is 2. The fraction of sp³-hybridized carbons (Fsp3) is 0.421. The number of para-hydroxylation sites is 1. The van der Waals surface area contributed by atoms with Crippen LogP contribution in [0.25, 0.3) is 0 Å². The monoisotopic (exact) mass is 353 g/mol. The maximum atomic E-state index is 12.9. The quantitative estimate of drug-likeness (QED) is 0.868. The largest absolute Gasteiger partial charge is 0.361 e. The number of piperidine rings is 1. The third-order valence-electron chi connectivity index (χ3n) is 5.06. The number of likely N-dealkylation sites (tertiary alicyclic amines) is 1. The number of hydrogen-bond acceptors (Lipinski definition) is 4. The third kappa shape index (κ3) is 2.83. The molecular weight excluding hydrogens is 330 g/mol. The van der Waals surface area contributed by atoms with Crippen LogP contribution >= 0.6 is 0 Å².